The van der Waals surface area contributed by atoms with Gasteiger partial charge in [0.25, 0.3) is 5.91 Å². The van der Waals surface area contributed by atoms with Crippen LogP contribution in [0.1, 0.15) is 28.1 Å². The van der Waals surface area contributed by atoms with Crippen LogP contribution in [0, 0.1) is 5.41 Å². The Morgan fingerprint density at radius 3 is 2.97 bits per heavy atom. The molecule has 0 saturated carbocycles. The number of pyridine rings is 1. The Morgan fingerprint density at radius 2 is 2.10 bits per heavy atom. The van der Waals surface area contributed by atoms with Gasteiger partial charge < -0.3 is 30.9 Å². The zero-order chi connectivity index (χ0) is 20.2. The molecule has 3 aromatic rings. The lowest BCUT2D eigenvalue weighted by Gasteiger charge is -2.10. The first-order valence-corrected chi connectivity index (χ1v) is 9.61. The van der Waals surface area contributed by atoms with E-state index >= 15 is 0 Å². The van der Waals surface area contributed by atoms with Crippen molar-refractivity contribution in [3.05, 3.63) is 53.5 Å². The van der Waals surface area contributed by atoms with Gasteiger partial charge in [-0.25, -0.2) is 0 Å². The average Bonchev–Trinajstić information content (AvgIpc) is 3.29. The molecule has 0 spiro atoms. The summed E-state index contributed by atoms with van der Waals surface area (Å²) >= 11 is 0. The largest absolute Gasteiger partial charge is 0.447 e. The van der Waals surface area contributed by atoms with Crippen LogP contribution in [0.2, 0.25) is 0 Å². The van der Waals surface area contributed by atoms with E-state index in [-0.39, 0.29) is 18.3 Å². The van der Waals surface area contributed by atoms with E-state index < -0.39 is 0 Å². The van der Waals surface area contributed by atoms with Crippen LogP contribution in [0.4, 0.5) is 11.4 Å². The predicted molar refractivity (Wildman–Crippen MR) is 111 cm³/mol. The maximum Gasteiger partial charge on any atom is 0.289 e. The number of aromatic nitrogens is 1. The Balaban J connectivity index is 1.59. The van der Waals surface area contributed by atoms with Crippen molar-refractivity contribution in [2.45, 2.75) is 12.8 Å². The molecule has 1 aromatic carbocycles. The third-order valence-corrected chi connectivity index (χ3v) is 4.92. The number of benzene rings is 1. The number of carbonyl (C=O) groups is 1. The summed E-state index contributed by atoms with van der Waals surface area (Å²) in [6, 6.07) is 7.70. The van der Waals surface area contributed by atoms with E-state index in [9.17, 15) is 4.79 Å². The first-order valence-electron chi connectivity index (χ1n) is 9.61. The summed E-state index contributed by atoms with van der Waals surface area (Å²) in [5.74, 6) is -0.124. The summed E-state index contributed by atoms with van der Waals surface area (Å²) in [4.78, 5) is 16.8. The highest BCUT2D eigenvalue weighted by Gasteiger charge is 2.22. The molecule has 29 heavy (non-hydrogen) atoms. The first-order chi connectivity index (χ1) is 14.2. The zero-order valence-corrected chi connectivity index (χ0v) is 15.9. The van der Waals surface area contributed by atoms with E-state index in [1.807, 2.05) is 24.3 Å². The maximum atomic E-state index is 12.7. The van der Waals surface area contributed by atoms with Gasteiger partial charge in [-0.3, -0.25) is 9.78 Å². The summed E-state index contributed by atoms with van der Waals surface area (Å²) in [6.45, 7) is 1.50. The summed E-state index contributed by atoms with van der Waals surface area (Å²) in [7, 11) is 0. The molecule has 4 rings (SSSR count). The van der Waals surface area contributed by atoms with Gasteiger partial charge in [0.05, 0.1) is 18.5 Å². The molecule has 0 atom stereocenters. The van der Waals surface area contributed by atoms with Crippen LogP contribution >= 0.6 is 0 Å². The van der Waals surface area contributed by atoms with E-state index in [2.05, 4.69) is 20.9 Å². The maximum absolute atomic E-state index is 12.7. The van der Waals surface area contributed by atoms with Gasteiger partial charge in [-0.2, -0.15) is 0 Å². The number of nitrogens with zero attached hydrogens (tertiary/aromatic N) is 1. The number of aliphatic hydroxyl groups is 1. The van der Waals surface area contributed by atoms with Gasteiger partial charge in [0, 0.05) is 42.6 Å². The molecule has 2 aromatic heterocycles. The Hall–Kier alpha value is -3.23. The van der Waals surface area contributed by atoms with Gasteiger partial charge in [-0.05, 0) is 42.2 Å². The normalized spacial score (nSPS) is 12.9. The third-order valence-electron chi connectivity index (χ3n) is 4.92. The molecule has 0 aliphatic heterocycles. The third kappa shape index (κ3) is 3.98. The van der Waals surface area contributed by atoms with E-state index in [0.29, 0.717) is 36.6 Å². The molecule has 1 aliphatic carbocycles. The lowest BCUT2D eigenvalue weighted by Crippen LogP contribution is -2.32. The van der Waals surface area contributed by atoms with Crippen LogP contribution in [-0.2, 0) is 6.42 Å². The van der Waals surface area contributed by atoms with Crippen LogP contribution in [0.3, 0.4) is 0 Å². The van der Waals surface area contributed by atoms with Gasteiger partial charge in [0.15, 0.2) is 5.58 Å². The highest BCUT2D eigenvalue weighted by Crippen LogP contribution is 2.34. The molecule has 5 N–H and O–H groups in total. The minimum Gasteiger partial charge on any atom is -0.447 e. The molecule has 0 fully saturated rings. The fourth-order valence-corrected chi connectivity index (χ4v) is 3.50. The highest BCUT2D eigenvalue weighted by atomic mass is 16.3. The number of carbonyl (C=O) groups excluding carboxylic acids is 1. The number of anilines is 2. The van der Waals surface area contributed by atoms with Crippen molar-refractivity contribution in [1.29, 1.82) is 5.41 Å². The Kier molecular flexibility index (Phi) is 5.55. The number of aliphatic hydroxyl groups excluding tert-OH is 1. The lowest BCUT2D eigenvalue weighted by atomic mass is 10.1. The number of hydrogen-bond acceptors (Lipinski definition) is 7. The zero-order valence-electron chi connectivity index (χ0n) is 15.9. The molecular weight excluding hydrogens is 370 g/mol. The van der Waals surface area contributed by atoms with Crippen LogP contribution < -0.4 is 16.0 Å². The van der Waals surface area contributed by atoms with Crippen LogP contribution in [0.5, 0.6) is 0 Å². The minimum atomic E-state index is -0.322. The van der Waals surface area contributed by atoms with Crippen LogP contribution in [0.15, 0.2) is 41.1 Å². The van der Waals surface area contributed by atoms with E-state index in [0.717, 1.165) is 35.0 Å². The standard InChI is InChI=1S/C21H23N5O3/c22-17-4-1-13-11-14(2-3-15(13)17)26-19-16-5-6-24-12-18(16)29-20(19)21(28)25-8-7-23-9-10-27/h2-3,5-6,11-12,22-23,26-27H,1,4,7-10H2,(H,25,28). The van der Waals surface area contributed by atoms with Gasteiger partial charge in [0.2, 0.25) is 5.76 Å². The van der Waals surface area contributed by atoms with E-state index in [4.69, 9.17) is 14.9 Å². The van der Waals surface area contributed by atoms with E-state index in [1.165, 1.54) is 0 Å². The number of amides is 1. The van der Waals surface area contributed by atoms with Crippen molar-refractivity contribution < 1.29 is 14.3 Å². The molecule has 2 heterocycles. The SMILES string of the molecule is N=C1CCc2cc(Nc3c(C(=O)NCCNCCO)oc4cnccc34)ccc21. The molecule has 1 aliphatic rings. The minimum absolute atomic E-state index is 0.0544. The predicted octanol–water partition coefficient (Wildman–Crippen LogP) is 2.20. The van der Waals surface area contributed by atoms with Crippen molar-refractivity contribution in [2.24, 2.45) is 0 Å². The second-order valence-corrected chi connectivity index (χ2v) is 6.88. The van der Waals surface area contributed by atoms with Gasteiger partial charge in [0.1, 0.15) is 0 Å². The van der Waals surface area contributed by atoms with Crippen molar-refractivity contribution in [2.75, 3.05) is 31.6 Å². The molecule has 8 heteroatoms. The number of rotatable bonds is 8. The second kappa shape index (κ2) is 8.42. The average molecular weight is 393 g/mol. The van der Waals surface area contributed by atoms with Crippen LogP contribution in [-0.4, -0.2) is 48.0 Å². The molecule has 0 saturated heterocycles. The Labute approximate surface area is 167 Å². The number of fused-ring (bicyclic) bond motifs is 2. The van der Waals surface area contributed by atoms with Crippen LogP contribution in [0.25, 0.3) is 11.0 Å². The Morgan fingerprint density at radius 1 is 1.21 bits per heavy atom. The topological polar surface area (TPSA) is 123 Å². The fourth-order valence-electron chi connectivity index (χ4n) is 3.50. The highest BCUT2D eigenvalue weighted by molar-refractivity contribution is 6.07. The smallest absolute Gasteiger partial charge is 0.289 e. The number of hydrogen-bond donors (Lipinski definition) is 5. The summed E-state index contributed by atoms with van der Waals surface area (Å²) in [5, 5.41) is 26.7. The summed E-state index contributed by atoms with van der Waals surface area (Å²) in [5.41, 5.74) is 4.76. The monoisotopic (exact) mass is 393 g/mol. The summed E-state index contributed by atoms with van der Waals surface area (Å²) in [6.07, 6.45) is 4.86. The van der Waals surface area contributed by atoms with E-state index in [1.54, 1.807) is 12.4 Å². The molecule has 0 unspecified atom stereocenters. The number of nitrogens with one attached hydrogen (secondary N) is 4. The molecule has 0 radical (unpaired) electrons. The molecule has 1 amide bonds. The Bertz CT molecular complexity index is 1060. The summed E-state index contributed by atoms with van der Waals surface area (Å²) < 4.78 is 5.79. The lowest BCUT2D eigenvalue weighted by molar-refractivity contribution is 0.0929. The molecular formula is C21H23N5O3. The van der Waals surface area contributed by atoms with Gasteiger partial charge in [-0.1, -0.05) is 6.07 Å². The fraction of sp³-hybridized carbons (Fsp3) is 0.286. The van der Waals surface area contributed by atoms with Crippen molar-refractivity contribution in [3.63, 3.8) is 0 Å². The molecule has 8 nitrogen and oxygen atoms in total. The van der Waals surface area contributed by atoms with Crippen molar-refractivity contribution in [3.8, 4) is 0 Å². The first kappa shape index (κ1) is 19.1. The number of aryl methyl sites for hydroxylation is 1. The van der Waals surface area contributed by atoms with Gasteiger partial charge >= 0.3 is 0 Å². The van der Waals surface area contributed by atoms with Crippen molar-refractivity contribution in [1.82, 2.24) is 15.6 Å². The molecule has 0 bridgehead atoms. The number of furan rings is 1. The molecule has 150 valence electrons. The van der Waals surface area contributed by atoms with Gasteiger partial charge in [-0.15, -0.1) is 0 Å². The quantitative estimate of drug-likeness (QED) is 0.374. The van der Waals surface area contributed by atoms with Crippen molar-refractivity contribution >= 4 is 34.0 Å². The second-order valence-electron chi connectivity index (χ2n) is 6.88.